The van der Waals surface area contributed by atoms with Crippen molar-refractivity contribution in [1.82, 2.24) is 14.9 Å². The summed E-state index contributed by atoms with van der Waals surface area (Å²) in [7, 11) is 0. The zero-order valence-corrected chi connectivity index (χ0v) is 19.2. The fourth-order valence-electron chi connectivity index (χ4n) is 3.65. The van der Waals surface area contributed by atoms with Crippen LogP contribution in [-0.2, 0) is 14.4 Å². The second kappa shape index (κ2) is 11.9. The number of likely N-dealkylation sites (tertiary alicyclic amines) is 1. The predicted molar refractivity (Wildman–Crippen MR) is 116 cm³/mol. The molecule has 2 N–H and O–H groups in total. The van der Waals surface area contributed by atoms with E-state index in [4.69, 9.17) is 19.8 Å². The lowest BCUT2D eigenvalue weighted by atomic mass is 9.86. The van der Waals surface area contributed by atoms with Crippen molar-refractivity contribution in [2.24, 2.45) is 5.41 Å². The van der Waals surface area contributed by atoms with E-state index in [9.17, 15) is 35.9 Å². The van der Waals surface area contributed by atoms with Crippen LogP contribution in [0.4, 0.5) is 32.2 Å². The fraction of sp³-hybridized carbons (Fsp3) is 0.364. The number of anilines is 1. The monoisotopic (exact) mass is 550 g/mol. The number of carboxylic acids is 2. The van der Waals surface area contributed by atoms with Gasteiger partial charge in [0.15, 0.2) is 0 Å². The molecular weight excluding hydrogens is 530 g/mol. The molecule has 4 rings (SSSR count). The minimum absolute atomic E-state index is 0.0591. The van der Waals surface area contributed by atoms with Gasteiger partial charge in [0.2, 0.25) is 5.91 Å². The standard InChI is InChI=1S/C18H18N4O2.2C2HF3O2/c23-16-11-18(13-22(16)15-6-2-4-9-20-15)7-10-21(12-18)17(24)14-5-1-3-8-19-14;2*3-2(4,5)1(6)7/h1-6,8-9H,7,10-13H2;2*(H,6,7). The number of amides is 2. The third-order valence-electron chi connectivity index (χ3n) is 5.34. The Hall–Kier alpha value is -4.24. The maximum atomic E-state index is 12.6. The number of aliphatic carboxylic acids is 2. The summed E-state index contributed by atoms with van der Waals surface area (Å²) >= 11 is 0. The molecule has 0 bridgehead atoms. The Morgan fingerprint density at radius 1 is 0.842 bits per heavy atom. The molecule has 2 saturated heterocycles. The van der Waals surface area contributed by atoms with Crippen molar-refractivity contribution in [3.05, 3.63) is 54.5 Å². The SMILES string of the molecule is O=C(O)C(F)(F)F.O=C(O)C(F)(F)F.O=C(c1ccccn1)N1CCC2(CC(=O)N(c3ccccn3)C2)C1. The van der Waals surface area contributed by atoms with Gasteiger partial charge < -0.3 is 15.1 Å². The van der Waals surface area contributed by atoms with E-state index in [-0.39, 0.29) is 17.2 Å². The summed E-state index contributed by atoms with van der Waals surface area (Å²) in [4.78, 5) is 54.8. The number of alkyl halides is 6. The second-order valence-corrected chi connectivity index (χ2v) is 8.14. The number of rotatable bonds is 2. The molecule has 0 aromatic carbocycles. The zero-order valence-electron chi connectivity index (χ0n) is 19.2. The van der Waals surface area contributed by atoms with Crippen LogP contribution in [0.1, 0.15) is 23.3 Å². The van der Waals surface area contributed by atoms with Gasteiger partial charge in [-0.05, 0) is 30.7 Å². The molecule has 2 aromatic heterocycles. The van der Waals surface area contributed by atoms with Crippen molar-refractivity contribution in [3.63, 3.8) is 0 Å². The number of hydrogen-bond acceptors (Lipinski definition) is 6. The lowest BCUT2D eigenvalue weighted by Crippen LogP contribution is -2.34. The Balaban J connectivity index is 0.000000301. The van der Waals surface area contributed by atoms with Crippen LogP contribution in [0, 0.1) is 5.41 Å². The van der Waals surface area contributed by atoms with Crippen molar-refractivity contribution in [3.8, 4) is 0 Å². The van der Waals surface area contributed by atoms with Gasteiger partial charge in [0.05, 0.1) is 0 Å². The Morgan fingerprint density at radius 2 is 1.37 bits per heavy atom. The largest absolute Gasteiger partial charge is 0.490 e. The van der Waals surface area contributed by atoms with Gasteiger partial charge in [0.25, 0.3) is 5.91 Å². The first-order valence-electron chi connectivity index (χ1n) is 10.6. The summed E-state index contributed by atoms with van der Waals surface area (Å²) in [5, 5.41) is 14.2. The normalized spacial score (nSPS) is 18.8. The highest BCUT2D eigenvalue weighted by Gasteiger charge is 2.49. The van der Waals surface area contributed by atoms with Gasteiger partial charge in [-0.3, -0.25) is 19.5 Å². The van der Waals surface area contributed by atoms with Gasteiger partial charge in [0, 0.05) is 43.9 Å². The molecule has 4 heterocycles. The number of pyridine rings is 2. The molecule has 38 heavy (non-hydrogen) atoms. The number of nitrogens with zero attached hydrogens (tertiary/aromatic N) is 4. The van der Waals surface area contributed by atoms with Crippen LogP contribution >= 0.6 is 0 Å². The van der Waals surface area contributed by atoms with Crippen LogP contribution in [0.2, 0.25) is 0 Å². The Labute approximate surface area is 210 Å². The van der Waals surface area contributed by atoms with E-state index >= 15 is 0 Å². The number of aromatic nitrogens is 2. The molecule has 2 aliphatic rings. The van der Waals surface area contributed by atoms with E-state index in [2.05, 4.69) is 9.97 Å². The summed E-state index contributed by atoms with van der Waals surface area (Å²) in [6.07, 6.45) is -5.55. The minimum atomic E-state index is -5.08. The van der Waals surface area contributed by atoms with Crippen LogP contribution in [0.3, 0.4) is 0 Å². The number of hydrogen-bond donors (Lipinski definition) is 2. The molecule has 16 heteroatoms. The summed E-state index contributed by atoms with van der Waals surface area (Å²) in [6, 6.07) is 10.9. The molecule has 0 aliphatic carbocycles. The Bertz CT molecular complexity index is 1120. The molecule has 0 saturated carbocycles. The van der Waals surface area contributed by atoms with Crippen molar-refractivity contribution >= 4 is 29.6 Å². The van der Waals surface area contributed by atoms with Crippen LogP contribution < -0.4 is 4.90 Å². The van der Waals surface area contributed by atoms with Gasteiger partial charge in [0.1, 0.15) is 11.5 Å². The first-order valence-corrected chi connectivity index (χ1v) is 10.6. The van der Waals surface area contributed by atoms with Crippen molar-refractivity contribution in [2.75, 3.05) is 24.5 Å². The molecule has 2 aliphatic heterocycles. The smallest absolute Gasteiger partial charge is 0.475 e. The van der Waals surface area contributed by atoms with Crippen molar-refractivity contribution in [1.29, 1.82) is 0 Å². The molecule has 2 amide bonds. The topological polar surface area (TPSA) is 141 Å². The molecule has 2 aromatic rings. The van der Waals surface area contributed by atoms with E-state index in [0.29, 0.717) is 37.6 Å². The van der Waals surface area contributed by atoms with Gasteiger partial charge in [-0.15, -0.1) is 0 Å². The number of carbonyl (C=O) groups is 4. The average Bonchev–Trinajstić information content (AvgIpc) is 3.41. The van der Waals surface area contributed by atoms with Gasteiger partial charge in [-0.1, -0.05) is 12.1 Å². The van der Waals surface area contributed by atoms with E-state index in [1.165, 1.54) is 0 Å². The summed E-state index contributed by atoms with van der Waals surface area (Å²) in [5.74, 6) is -4.80. The molecule has 0 radical (unpaired) electrons. The summed E-state index contributed by atoms with van der Waals surface area (Å²) < 4.78 is 63.5. The molecule has 1 unspecified atom stereocenters. The van der Waals surface area contributed by atoms with E-state index < -0.39 is 24.3 Å². The van der Waals surface area contributed by atoms with Gasteiger partial charge >= 0.3 is 24.3 Å². The van der Waals surface area contributed by atoms with Crippen molar-refractivity contribution in [2.45, 2.75) is 25.2 Å². The van der Waals surface area contributed by atoms with E-state index in [0.717, 1.165) is 6.42 Å². The second-order valence-electron chi connectivity index (χ2n) is 8.14. The first-order chi connectivity index (χ1) is 17.6. The fourth-order valence-corrected chi connectivity index (χ4v) is 3.65. The molecular formula is C22H20F6N4O6. The Morgan fingerprint density at radius 3 is 1.82 bits per heavy atom. The average molecular weight is 550 g/mol. The van der Waals surface area contributed by atoms with Crippen LogP contribution in [-0.4, -0.2) is 80.8 Å². The zero-order chi connectivity index (χ0) is 28.7. The molecule has 2 fully saturated rings. The van der Waals surface area contributed by atoms with Gasteiger partial charge in [-0.25, -0.2) is 14.6 Å². The van der Waals surface area contributed by atoms with Crippen LogP contribution in [0.25, 0.3) is 0 Å². The lowest BCUT2D eigenvalue weighted by molar-refractivity contribution is -0.193. The highest BCUT2D eigenvalue weighted by Crippen LogP contribution is 2.41. The number of carbonyl (C=O) groups excluding carboxylic acids is 2. The van der Waals surface area contributed by atoms with Gasteiger partial charge in [-0.2, -0.15) is 26.3 Å². The quantitative estimate of drug-likeness (QED) is 0.544. The lowest BCUT2D eigenvalue weighted by Gasteiger charge is -2.23. The summed E-state index contributed by atoms with van der Waals surface area (Å²) in [5.41, 5.74) is 0.291. The highest BCUT2D eigenvalue weighted by molar-refractivity contribution is 5.96. The summed E-state index contributed by atoms with van der Waals surface area (Å²) in [6.45, 7) is 1.88. The minimum Gasteiger partial charge on any atom is -0.475 e. The van der Waals surface area contributed by atoms with E-state index in [1.807, 2.05) is 29.2 Å². The third-order valence-corrected chi connectivity index (χ3v) is 5.34. The maximum Gasteiger partial charge on any atom is 0.490 e. The molecule has 206 valence electrons. The maximum absolute atomic E-state index is 12.6. The van der Waals surface area contributed by atoms with E-state index in [1.54, 1.807) is 29.4 Å². The van der Waals surface area contributed by atoms with Crippen molar-refractivity contribution < 1.29 is 55.7 Å². The highest BCUT2D eigenvalue weighted by atomic mass is 19.4. The number of halogens is 6. The Kier molecular flexibility index (Phi) is 9.37. The van der Waals surface area contributed by atoms with Crippen LogP contribution in [0.15, 0.2) is 48.8 Å². The predicted octanol–water partition coefficient (Wildman–Crippen LogP) is 3.01. The third kappa shape index (κ3) is 8.14. The number of carboxylic acid groups (broad SMARTS) is 2. The molecule has 1 spiro atoms. The molecule has 10 nitrogen and oxygen atoms in total. The molecule has 1 atom stereocenters. The first kappa shape index (κ1) is 30.0. The van der Waals surface area contributed by atoms with Crippen LogP contribution in [0.5, 0.6) is 0 Å².